The number of methoxy groups -OCH3 is 1. The predicted molar refractivity (Wildman–Crippen MR) is 80.4 cm³/mol. The maximum atomic E-state index is 12.4. The van der Waals surface area contributed by atoms with Gasteiger partial charge in [-0.2, -0.15) is 0 Å². The summed E-state index contributed by atoms with van der Waals surface area (Å²) in [5, 5.41) is 2.92. The molecule has 2 rings (SSSR count). The van der Waals surface area contributed by atoms with Crippen molar-refractivity contribution in [2.24, 2.45) is 11.1 Å². The molecule has 0 aromatic heterocycles. The summed E-state index contributed by atoms with van der Waals surface area (Å²) in [5.74, 6) is 0.679. The number of carbonyl (C=O) groups is 1. The summed E-state index contributed by atoms with van der Waals surface area (Å²) >= 11 is 0. The molecule has 1 heterocycles. The molecule has 6 heteroatoms. The number of amides is 1. The first-order chi connectivity index (χ1) is 9.20. The molecular formula is C14H21ClN2O3. The van der Waals surface area contributed by atoms with Gasteiger partial charge in [0.2, 0.25) is 5.91 Å². The summed E-state index contributed by atoms with van der Waals surface area (Å²) < 4.78 is 10.4. The van der Waals surface area contributed by atoms with E-state index >= 15 is 0 Å². The van der Waals surface area contributed by atoms with Crippen molar-refractivity contribution in [3.05, 3.63) is 24.3 Å². The van der Waals surface area contributed by atoms with Crippen LogP contribution in [0, 0.1) is 5.41 Å². The lowest BCUT2D eigenvalue weighted by Gasteiger charge is -2.34. The number of halogens is 1. The molecule has 1 aliphatic heterocycles. The van der Waals surface area contributed by atoms with Gasteiger partial charge in [0.15, 0.2) is 0 Å². The Kier molecular flexibility index (Phi) is 6.26. The normalized spacial score (nSPS) is 16.9. The molecule has 0 spiro atoms. The van der Waals surface area contributed by atoms with Crippen LogP contribution < -0.4 is 15.8 Å². The van der Waals surface area contributed by atoms with Crippen LogP contribution in [-0.2, 0) is 9.53 Å². The van der Waals surface area contributed by atoms with Gasteiger partial charge in [0.25, 0.3) is 0 Å². The molecule has 1 amide bonds. The quantitative estimate of drug-likeness (QED) is 0.889. The minimum atomic E-state index is -0.513. The van der Waals surface area contributed by atoms with Crippen LogP contribution in [-0.4, -0.2) is 32.8 Å². The largest absolute Gasteiger partial charge is 0.497 e. The zero-order valence-electron chi connectivity index (χ0n) is 11.6. The van der Waals surface area contributed by atoms with Crippen molar-refractivity contribution in [3.8, 4) is 5.75 Å². The summed E-state index contributed by atoms with van der Waals surface area (Å²) in [6.07, 6.45) is 1.33. The molecule has 1 saturated heterocycles. The molecule has 5 nitrogen and oxygen atoms in total. The van der Waals surface area contributed by atoms with Crippen molar-refractivity contribution in [1.29, 1.82) is 0 Å². The van der Waals surface area contributed by atoms with Gasteiger partial charge in [-0.05, 0) is 25.0 Å². The molecule has 0 saturated carbocycles. The molecule has 20 heavy (non-hydrogen) atoms. The molecule has 3 N–H and O–H groups in total. The second-order valence-corrected chi connectivity index (χ2v) is 4.78. The van der Waals surface area contributed by atoms with E-state index in [0.717, 1.165) is 5.69 Å². The van der Waals surface area contributed by atoms with Gasteiger partial charge in [-0.1, -0.05) is 6.07 Å². The van der Waals surface area contributed by atoms with E-state index in [4.69, 9.17) is 15.2 Å². The molecule has 0 bridgehead atoms. The van der Waals surface area contributed by atoms with E-state index in [1.807, 2.05) is 18.2 Å². The molecule has 112 valence electrons. The third-order valence-corrected chi connectivity index (χ3v) is 3.65. The van der Waals surface area contributed by atoms with Crippen LogP contribution in [0.1, 0.15) is 12.8 Å². The van der Waals surface area contributed by atoms with Crippen molar-refractivity contribution in [2.45, 2.75) is 12.8 Å². The summed E-state index contributed by atoms with van der Waals surface area (Å²) in [6.45, 7) is 1.51. The van der Waals surface area contributed by atoms with Crippen molar-refractivity contribution in [3.63, 3.8) is 0 Å². The van der Waals surface area contributed by atoms with E-state index in [0.29, 0.717) is 38.3 Å². The molecule has 1 fully saturated rings. The molecule has 1 aromatic carbocycles. The zero-order valence-corrected chi connectivity index (χ0v) is 12.4. The second-order valence-electron chi connectivity index (χ2n) is 4.78. The minimum Gasteiger partial charge on any atom is -0.497 e. The fourth-order valence-electron chi connectivity index (χ4n) is 2.25. The lowest BCUT2D eigenvalue weighted by atomic mass is 9.79. The van der Waals surface area contributed by atoms with Crippen LogP contribution >= 0.6 is 12.4 Å². The maximum absolute atomic E-state index is 12.4. The monoisotopic (exact) mass is 300 g/mol. The topological polar surface area (TPSA) is 73.6 Å². The Morgan fingerprint density at radius 1 is 1.45 bits per heavy atom. The molecule has 1 aliphatic rings. The maximum Gasteiger partial charge on any atom is 0.232 e. The summed E-state index contributed by atoms with van der Waals surface area (Å²) in [6, 6.07) is 7.31. The number of nitrogens with one attached hydrogen (secondary N) is 1. The van der Waals surface area contributed by atoms with Crippen LogP contribution in [0.5, 0.6) is 5.75 Å². The lowest BCUT2D eigenvalue weighted by molar-refractivity contribution is -0.130. The Morgan fingerprint density at radius 3 is 2.75 bits per heavy atom. The average Bonchev–Trinajstić information content (AvgIpc) is 2.48. The van der Waals surface area contributed by atoms with E-state index in [-0.39, 0.29) is 18.3 Å². The third kappa shape index (κ3) is 3.62. The van der Waals surface area contributed by atoms with Gasteiger partial charge >= 0.3 is 0 Å². The van der Waals surface area contributed by atoms with Gasteiger partial charge < -0.3 is 20.5 Å². The SMILES string of the molecule is COc1cccc(NC(=O)C2(CN)CCOCC2)c1.Cl. The highest BCUT2D eigenvalue weighted by Crippen LogP contribution is 2.31. The van der Waals surface area contributed by atoms with Crippen molar-refractivity contribution >= 4 is 24.0 Å². The fourth-order valence-corrected chi connectivity index (χ4v) is 2.25. The lowest BCUT2D eigenvalue weighted by Crippen LogP contribution is -2.46. The smallest absolute Gasteiger partial charge is 0.232 e. The number of rotatable bonds is 4. The van der Waals surface area contributed by atoms with Crippen LogP contribution in [0.15, 0.2) is 24.3 Å². The van der Waals surface area contributed by atoms with Gasteiger partial charge in [-0.25, -0.2) is 0 Å². The van der Waals surface area contributed by atoms with E-state index in [1.54, 1.807) is 13.2 Å². The average molecular weight is 301 g/mol. The first-order valence-electron chi connectivity index (χ1n) is 6.43. The minimum absolute atomic E-state index is 0. The Morgan fingerprint density at radius 2 is 2.15 bits per heavy atom. The van der Waals surface area contributed by atoms with Gasteiger partial charge in [0.1, 0.15) is 5.75 Å². The first kappa shape index (κ1) is 16.8. The number of hydrogen-bond acceptors (Lipinski definition) is 4. The van der Waals surface area contributed by atoms with Crippen molar-refractivity contribution in [2.75, 3.05) is 32.2 Å². The Bertz CT molecular complexity index is 448. The van der Waals surface area contributed by atoms with Gasteiger partial charge in [0.05, 0.1) is 12.5 Å². The number of benzene rings is 1. The number of anilines is 1. The van der Waals surface area contributed by atoms with E-state index in [1.165, 1.54) is 0 Å². The second kappa shape index (κ2) is 7.47. The first-order valence-corrected chi connectivity index (χ1v) is 6.43. The Labute approximate surface area is 125 Å². The van der Waals surface area contributed by atoms with E-state index in [9.17, 15) is 4.79 Å². The van der Waals surface area contributed by atoms with Crippen LogP contribution in [0.4, 0.5) is 5.69 Å². The van der Waals surface area contributed by atoms with E-state index in [2.05, 4.69) is 5.32 Å². The molecule has 0 radical (unpaired) electrons. The number of carbonyl (C=O) groups excluding carboxylic acids is 1. The van der Waals surface area contributed by atoms with Crippen molar-refractivity contribution in [1.82, 2.24) is 0 Å². The molecule has 0 atom stereocenters. The molecule has 1 aromatic rings. The highest BCUT2D eigenvalue weighted by atomic mass is 35.5. The third-order valence-electron chi connectivity index (χ3n) is 3.65. The molecule has 0 aliphatic carbocycles. The van der Waals surface area contributed by atoms with Crippen LogP contribution in [0.3, 0.4) is 0 Å². The fraction of sp³-hybridized carbons (Fsp3) is 0.500. The van der Waals surface area contributed by atoms with Crippen LogP contribution in [0.2, 0.25) is 0 Å². The summed E-state index contributed by atoms with van der Waals surface area (Å²) in [7, 11) is 1.60. The van der Waals surface area contributed by atoms with Crippen molar-refractivity contribution < 1.29 is 14.3 Å². The number of nitrogens with two attached hydrogens (primary N) is 1. The Balaban J connectivity index is 0.00000200. The molecular weight excluding hydrogens is 280 g/mol. The van der Waals surface area contributed by atoms with Gasteiger partial charge in [0, 0.05) is 31.5 Å². The molecule has 0 unspecified atom stereocenters. The summed E-state index contributed by atoms with van der Waals surface area (Å²) in [4.78, 5) is 12.4. The predicted octanol–water partition coefficient (Wildman–Crippen LogP) is 1.81. The van der Waals surface area contributed by atoms with Gasteiger partial charge in [-0.3, -0.25) is 4.79 Å². The number of hydrogen-bond donors (Lipinski definition) is 2. The highest BCUT2D eigenvalue weighted by Gasteiger charge is 2.38. The van der Waals surface area contributed by atoms with Crippen LogP contribution in [0.25, 0.3) is 0 Å². The van der Waals surface area contributed by atoms with Gasteiger partial charge in [-0.15, -0.1) is 12.4 Å². The zero-order chi connectivity index (χ0) is 13.7. The standard InChI is InChI=1S/C14H20N2O3.ClH/c1-18-12-4-2-3-11(9-12)16-13(17)14(10-15)5-7-19-8-6-14;/h2-4,9H,5-8,10,15H2,1H3,(H,16,17);1H. The summed E-state index contributed by atoms with van der Waals surface area (Å²) in [5.41, 5.74) is 6.02. The highest BCUT2D eigenvalue weighted by molar-refractivity contribution is 5.95. The number of ether oxygens (including phenoxy) is 2. The van der Waals surface area contributed by atoms with E-state index < -0.39 is 5.41 Å². The Hall–Kier alpha value is -1.30.